The maximum Gasteiger partial charge on any atom is 0.246 e. The van der Waals surface area contributed by atoms with Gasteiger partial charge < -0.3 is 5.73 Å². The summed E-state index contributed by atoms with van der Waals surface area (Å²) in [6.07, 6.45) is 0.853. The molecule has 21 heavy (non-hydrogen) atoms. The van der Waals surface area contributed by atoms with Crippen molar-refractivity contribution in [1.82, 2.24) is 14.5 Å². The molecule has 0 radical (unpaired) electrons. The van der Waals surface area contributed by atoms with Gasteiger partial charge in [-0.1, -0.05) is 31.2 Å². The molecule has 6 nitrogen and oxygen atoms in total. The largest absolute Gasteiger partial charge is 0.381 e. The highest BCUT2D eigenvalue weighted by molar-refractivity contribution is 7.89. The monoisotopic (exact) mass is 308 g/mol. The first-order chi connectivity index (χ1) is 9.86. The summed E-state index contributed by atoms with van der Waals surface area (Å²) < 4.78 is 28.9. The van der Waals surface area contributed by atoms with Crippen LogP contribution < -0.4 is 10.5 Å². The molecule has 0 saturated carbocycles. The lowest BCUT2D eigenvalue weighted by Gasteiger charge is -2.10. The molecule has 3 N–H and O–H groups in total. The van der Waals surface area contributed by atoms with Gasteiger partial charge in [0, 0.05) is 13.6 Å². The lowest BCUT2D eigenvalue weighted by molar-refractivity contribution is 0.580. The van der Waals surface area contributed by atoms with Crippen molar-refractivity contribution in [3.8, 4) is 0 Å². The number of hydrogen-bond acceptors (Lipinski definition) is 4. The minimum atomic E-state index is -3.68. The third kappa shape index (κ3) is 3.08. The normalized spacial score (nSPS) is 11.8. The number of nitrogen functional groups attached to an aromatic ring is 1. The van der Waals surface area contributed by atoms with E-state index >= 15 is 0 Å². The standard InChI is InChI=1S/C14H20N4O2S/c1-4-11-7-5-6-8-12(11)9-16-21(19,20)13-10(2)18(3)17-14(13)15/h5-8,16H,4,9H2,1-3H3,(H2,15,17). The molecule has 1 aromatic heterocycles. The molecule has 0 aliphatic rings. The molecule has 1 aromatic carbocycles. The van der Waals surface area contributed by atoms with Gasteiger partial charge in [-0.05, 0) is 24.5 Å². The van der Waals surface area contributed by atoms with E-state index < -0.39 is 10.0 Å². The Labute approximate surface area is 125 Å². The molecule has 2 rings (SSSR count). The zero-order valence-electron chi connectivity index (χ0n) is 12.4. The van der Waals surface area contributed by atoms with E-state index in [1.165, 1.54) is 4.68 Å². The van der Waals surface area contributed by atoms with Gasteiger partial charge in [0.25, 0.3) is 0 Å². The molecular weight excluding hydrogens is 288 g/mol. The number of nitrogens with one attached hydrogen (secondary N) is 1. The van der Waals surface area contributed by atoms with Crippen LogP contribution in [0.4, 0.5) is 5.82 Å². The maximum absolute atomic E-state index is 12.4. The van der Waals surface area contributed by atoms with Crippen LogP contribution in [-0.4, -0.2) is 18.2 Å². The molecule has 0 aliphatic heterocycles. The number of anilines is 1. The topological polar surface area (TPSA) is 90.0 Å². The van der Waals surface area contributed by atoms with Crippen molar-refractivity contribution in [2.24, 2.45) is 7.05 Å². The van der Waals surface area contributed by atoms with Crippen LogP contribution in [0.25, 0.3) is 0 Å². The third-order valence-electron chi connectivity index (χ3n) is 3.53. The quantitative estimate of drug-likeness (QED) is 0.872. The molecule has 0 spiro atoms. The number of nitrogens with two attached hydrogens (primary N) is 1. The fourth-order valence-electron chi connectivity index (χ4n) is 2.27. The lowest BCUT2D eigenvalue weighted by atomic mass is 10.1. The van der Waals surface area contributed by atoms with Gasteiger partial charge in [-0.3, -0.25) is 4.68 Å². The second-order valence-corrected chi connectivity index (χ2v) is 6.57. The van der Waals surface area contributed by atoms with Gasteiger partial charge in [-0.25, -0.2) is 13.1 Å². The second-order valence-electron chi connectivity index (χ2n) is 4.87. The molecule has 0 amide bonds. The first-order valence-electron chi connectivity index (χ1n) is 6.72. The average molecular weight is 308 g/mol. The van der Waals surface area contributed by atoms with Crippen molar-refractivity contribution in [1.29, 1.82) is 0 Å². The Balaban J connectivity index is 2.26. The van der Waals surface area contributed by atoms with E-state index in [9.17, 15) is 8.42 Å². The Hall–Kier alpha value is -1.86. The maximum atomic E-state index is 12.4. The Bertz CT molecular complexity index is 750. The Morgan fingerprint density at radius 2 is 1.90 bits per heavy atom. The van der Waals surface area contributed by atoms with E-state index in [-0.39, 0.29) is 17.3 Å². The Morgan fingerprint density at radius 1 is 1.29 bits per heavy atom. The molecule has 0 bridgehead atoms. The van der Waals surface area contributed by atoms with E-state index in [1.54, 1.807) is 14.0 Å². The summed E-state index contributed by atoms with van der Waals surface area (Å²) in [4.78, 5) is 0.0546. The van der Waals surface area contributed by atoms with Gasteiger partial charge in [0.1, 0.15) is 4.90 Å². The van der Waals surface area contributed by atoms with Crippen molar-refractivity contribution in [2.75, 3.05) is 5.73 Å². The van der Waals surface area contributed by atoms with Crippen LogP contribution in [0.15, 0.2) is 29.2 Å². The number of nitrogens with zero attached hydrogens (tertiary/aromatic N) is 2. The van der Waals surface area contributed by atoms with Crippen LogP contribution in [0.3, 0.4) is 0 Å². The van der Waals surface area contributed by atoms with Crippen LogP contribution in [0.2, 0.25) is 0 Å². The molecule has 114 valence electrons. The van der Waals surface area contributed by atoms with Crippen molar-refractivity contribution in [2.45, 2.75) is 31.7 Å². The number of sulfonamides is 1. The molecule has 0 fully saturated rings. The lowest BCUT2D eigenvalue weighted by Crippen LogP contribution is -2.25. The molecule has 2 aromatic rings. The molecule has 1 heterocycles. The molecule has 0 atom stereocenters. The third-order valence-corrected chi connectivity index (χ3v) is 5.09. The Kier molecular flexibility index (Phi) is 4.34. The van der Waals surface area contributed by atoms with Gasteiger partial charge in [0.15, 0.2) is 5.82 Å². The van der Waals surface area contributed by atoms with Gasteiger partial charge >= 0.3 is 0 Å². The molecular formula is C14H20N4O2S. The molecule has 7 heteroatoms. The fourth-order valence-corrected chi connectivity index (χ4v) is 3.59. The Morgan fingerprint density at radius 3 is 2.43 bits per heavy atom. The minimum Gasteiger partial charge on any atom is -0.381 e. The summed E-state index contributed by atoms with van der Waals surface area (Å²) in [5, 5.41) is 3.94. The van der Waals surface area contributed by atoms with E-state index in [1.807, 2.05) is 31.2 Å². The van der Waals surface area contributed by atoms with Gasteiger partial charge in [-0.2, -0.15) is 5.10 Å². The van der Waals surface area contributed by atoms with E-state index in [4.69, 9.17) is 5.73 Å². The SMILES string of the molecule is CCc1ccccc1CNS(=O)(=O)c1c(N)nn(C)c1C. The average Bonchev–Trinajstić information content (AvgIpc) is 2.70. The van der Waals surface area contributed by atoms with Crippen molar-refractivity contribution in [3.05, 3.63) is 41.1 Å². The van der Waals surface area contributed by atoms with Crippen LogP contribution in [0, 0.1) is 6.92 Å². The first-order valence-corrected chi connectivity index (χ1v) is 8.20. The predicted molar refractivity (Wildman–Crippen MR) is 82.2 cm³/mol. The molecule has 0 unspecified atom stereocenters. The number of benzene rings is 1. The van der Waals surface area contributed by atoms with Gasteiger partial charge in [0.05, 0.1) is 5.69 Å². The van der Waals surface area contributed by atoms with Crippen LogP contribution in [0.5, 0.6) is 0 Å². The summed E-state index contributed by atoms with van der Waals surface area (Å²) in [5.41, 5.74) is 8.30. The van der Waals surface area contributed by atoms with E-state index in [0.29, 0.717) is 5.69 Å². The van der Waals surface area contributed by atoms with Crippen molar-refractivity contribution >= 4 is 15.8 Å². The van der Waals surface area contributed by atoms with Crippen LogP contribution >= 0.6 is 0 Å². The highest BCUT2D eigenvalue weighted by Crippen LogP contribution is 2.21. The summed E-state index contributed by atoms with van der Waals surface area (Å²) in [7, 11) is -2.02. The minimum absolute atomic E-state index is 0.0197. The summed E-state index contributed by atoms with van der Waals surface area (Å²) in [6.45, 7) is 3.95. The van der Waals surface area contributed by atoms with Crippen molar-refractivity contribution in [3.63, 3.8) is 0 Å². The smallest absolute Gasteiger partial charge is 0.246 e. The summed E-state index contributed by atoms with van der Waals surface area (Å²) >= 11 is 0. The van der Waals surface area contributed by atoms with Crippen LogP contribution in [0.1, 0.15) is 23.7 Å². The van der Waals surface area contributed by atoms with E-state index in [0.717, 1.165) is 17.5 Å². The first kappa shape index (κ1) is 15.5. The van der Waals surface area contributed by atoms with Gasteiger partial charge in [0.2, 0.25) is 10.0 Å². The number of rotatable bonds is 5. The number of aromatic nitrogens is 2. The predicted octanol–water partition coefficient (Wildman–Crippen LogP) is 1.35. The number of hydrogen-bond donors (Lipinski definition) is 2. The van der Waals surface area contributed by atoms with Crippen LogP contribution in [-0.2, 0) is 30.0 Å². The number of aryl methyl sites for hydroxylation is 2. The van der Waals surface area contributed by atoms with E-state index in [2.05, 4.69) is 9.82 Å². The zero-order chi connectivity index (χ0) is 15.6. The van der Waals surface area contributed by atoms with Gasteiger partial charge in [-0.15, -0.1) is 0 Å². The summed E-state index contributed by atoms with van der Waals surface area (Å²) in [5.74, 6) is 0.0197. The summed E-state index contributed by atoms with van der Waals surface area (Å²) in [6, 6.07) is 7.75. The van der Waals surface area contributed by atoms with Crippen molar-refractivity contribution < 1.29 is 8.42 Å². The fraction of sp³-hybridized carbons (Fsp3) is 0.357. The second kappa shape index (κ2) is 5.87. The molecule has 0 saturated heterocycles. The molecule has 0 aliphatic carbocycles. The highest BCUT2D eigenvalue weighted by atomic mass is 32.2. The zero-order valence-corrected chi connectivity index (χ0v) is 13.2. The highest BCUT2D eigenvalue weighted by Gasteiger charge is 2.24.